The molecule has 1 heterocycles. The van der Waals surface area contributed by atoms with E-state index in [-0.39, 0.29) is 23.8 Å². The largest absolute Gasteiger partial charge is 0.496 e. The molecule has 0 spiro atoms. The van der Waals surface area contributed by atoms with E-state index in [0.717, 1.165) is 32.1 Å². The van der Waals surface area contributed by atoms with Crippen LogP contribution in [0.4, 0.5) is 0 Å². The second-order valence-corrected chi connectivity index (χ2v) is 7.58. The Morgan fingerprint density at radius 2 is 1.90 bits per heavy atom. The highest BCUT2D eigenvalue weighted by Crippen LogP contribution is 2.29. The lowest BCUT2D eigenvalue weighted by Crippen LogP contribution is -2.41. The Hall–Kier alpha value is -3.36. The van der Waals surface area contributed by atoms with Gasteiger partial charge in [-0.25, -0.2) is 9.59 Å². The van der Waals surface area contributed by atoms with Gasteiger partial charge in [-0.05, 0) is 31.0 Å². The first-order chi connectivity index (χ1) is 14.9. The Bertz CT molecular complexity index is 978. The number of aromatic carboxylic acids is 1. The van der Waals surface area contributed by atoms with Crippen LogP contribution in [-0.2, 0) is 18.3 Å². The fourth-order valence-electron chi connectivity index (χ4n) is 4.09. The molecule has 0 unspecified atom stereocenters. The van der Waals surface area contributed by atoms with Gasteiger partial charge in [0.2, 0.25) is 0 Å². The van der Waals surface area contributed by atoms with E-state index in [1.54, 1.807) is 23.1 Å². The van der Waals surface area contributed by atoms with Crippen molar-refractivity contribution >= 4 is 17.8 Å². The zero-order valence-electron chi connectivity index (χ0n) is 18.0. The number of esters is 1. The Kier molecular flexibility index (Phi) is 6.94. The summed E-state index contributed by atoms with van der Waals surface area (Å²) in [5.74, 6) is -1.56. The second-order valence-electron chi connectivity index (χ2n) is 7.58. The van der Waals surface area contributed by atoms with Crippen LogP contribution in [0.3, 0.4) is 0 Å². The molecule has 0 bridgehead atoms. The first-order valence-electron chi connectivity index (χ1n) is 10.2. The van der Waals surface area contributed by atoms with Gasteiger partial charge in [-0.15, -0.1) is 0 Å². The lowest BCUT2D eigenvalue weighted by molar-refractivity contribution is 0.0590. The number of hydrogen-bond acceptors (Lipinski definition) is 6. The molecule has 1 amide bonds. The van der Waals surface area contributed by atoms with E-state index >= 15 is 0 Å². The van der Waals surface area contributed by atoms with E-state index in [1.165, 1.54) is 32.1 Å². The molecule has 1 N–H and O–H groups in total. The molecule has 0 atom stereocenters. The van der Waals surface area contributed by atoms with Crippen molar-refractivity contribution in [2.24, 2.45) is 7.05 Å². The lowest BCUT2D eigenvalue weighted by atomic mass is 9.93. The van der Waals surface area contributed by atoms with Crippen LogP contribution in [0, 0.1) is 0 Å². The zero-order chi connectivity index (χ0) is 22.5. The number of benzene rings is 1. The Morgan fingerprint density at radius 3 is 2.52 bits per heavy atom. The van der Waals surface area contributed by atoms with Gasteiger partial charge in [0.05, 0.1) is 31.5 Å². The molecular formula is C22H27N3O6. The molecule has 0 saturated heterocycles. The molecule has 1 aromatic carbocycles. The predicted molar refractivity (Wildman–Crippen MR) is 111 cm³/mol. The highest BCUT2D eigenvalue weighted by molar-refractivity contribution is 6.03. The van der Waals surface area contributed by atoms with Crippen molar-refractivity contribution in [1.82, 2.24) is 14.7 Å². The fourth-order valence-corrected chi connectivity index (χ4v) is 4.09. The Labute approximate surface area is 180 Å². The maximum absolute atomic E-state index is 13.5. The number of ether oxygens (including phenoxy) is 2. The summed E-state index contributed by atoms with van der Waals surface area (Å²) < 4.78 is 11.5. The molecule has 1 aliphatic rings. The number of carbonyl (C=O) groups is 3. The molecule has 9 heteroatoms. The summed E-state index contributed by atoms with van der Waals surface area (Å²) in [6.07, 6.45) is 6.04. The molecule has 0 radical (unpaired) electrons. The number of aryl methyl sites for hydroxylation is 1. The van der Waals surface area contributed by atoms with Crippen molar-refractivity contribution < 1.29 is 29.0 Å². The molecule has 2 aromatic rings. The number of rotatable bonds is 7. The molecular weight excluding hydrogens is 402 g/mol. The lowest BCUT2D eigenvalue weighted by Gasteiger charge is -2.35. The van der Waals surface area contributed by atoms with E-state index in [9.17, 15) is 19.5 Å². The molecule has 1 fully saturated rings. The average molecular weight is 429 g/mol. The maximum atomic E-state index is 13.5. The number of carboxylic acids is 1. The normalized spacial score (nSPS) is 14.2. The van der Waals surface area contributed by atoms with Crippen molar-refractivity contribution in [3.63, 3.8) is 0 Å². The van der Waals surface area contributed by atoms with Crippen molar-refractivity contribution in [3.8, 4) is 5.75 Å². The molecule has 31 heavy (non-hydrogen) atoms. The van der Waals surface area contributed by atoms with Crippen LogP contribution in [0.15, 0.2) is 24.4 Å². The quantitative estimate of drug-likeness (QED) is 0.674. The van der Waals surface area contributed by atoms with Crippen LogP contribution in [0.25, 0.3) is 0 Å². The number of methoxy groups -OCH3 is 2. The molecule has 9 nitrogen and oxygen atoms in total. The Morgan fingerprint density at radius 1 is 1.19 bits per heavy atom. The van der Waals surface area contributed by atoms with Gasteiger partial charge in [-0.2, -0.15) is 5.10 Å². The summed E-state index contributed by atoms with van der Waals surface area (Å²) >= 11 is 0. The van der Waals surface area contributed by atoms with Gasteiger partial charge in [-0.1, -0.05) is 19.3 Å². The van der Waals surface area contributed by atoms with Gasteiger partial charge < -0.3 is 19.5 Å². The molecule has 0 aliphatic heterocycles. The van der Waals surface area contributed by atoms with Gasteiger partial charge in [-0.3, -0.25) is 9.48 Å². The summed E-state index contributed by atoms with van der Waals surface area (Å²) in [5.41, 5.74) is 0.886. The third kappa shape index (κ3) is 4.70. The second kappa shape index (κ2) is 9.63. The van der Waals surface area contributed by atoms with Crippen LogP contribution < -0.4 is 4.74 Å². The van der Waals surface area contributed by atoms with Crippen LogP contribution in [0.5, 0.6) is 5.75 Å². The van der Waals surface area contributed by atoms with Gasteiger partial charge >= 0.3 is 11.9 Å². The summed E-state index contributed by atoms with van der Waals surface area (Å²) in [7, 11) is 4.32. The van der Waals surface area contributed by atoms with Crippen LogP contribution in [-0.4, -0.2) is 57.9 Å². The first-order valence-corrected chi connectivity index (χ1v) is 10.2. The van der Waals surface area contributed by atoms with Crippen LogP contribution in [0.1, 0.15) is 68.9 Å². The molecule has 1 saturated carbocycles. The summed E-state index contributed by atoms with van der Waals surface area (Å²) in [4.78, 5) is 38.9. The maximum Gasteiger partial charge on any atom is 0.354 e. The highest BCUT2D eigenvalue weighted by atomic mass is 16.5. The van der Waals surface area contributed by atoms with Crippen LogP contribution in [0.2, 0.25) is 0 Å². The Balaban J connectivity index is 2.02. The van der Waals surface area contributed by atoms with Crippen molar-refractivity contribution in [2.45, 2.75) is 44.7 Å². The minimum atomic E-state index is -1.21. The van der Waals surface area contributed by atoms with E-state index < -0.39 is 17.8 Å². The number of hydrogen-bond donors (Lipinski definition) is 1. The summed E-state index contributed by atoms with van der Waals surface area (Å²) in [5, 5.41) is 13.5. The summed E-state index contributed by atoms with van der Waals surface area (Å²) in [6.45, 7) is 0.172. The SMILES string of the molecule is COC(=O)c1ccc(OC)c(CN(C(=O)c2cnn(C)c2C(=O)O)C2CCCCC2)c1. The number of amides is 1. The third-order valence-electron chi connectivity index (χ3n) is 5.69. The van der Waals surface area contributed by atoms with Crippen LogP contribution >= 0.6 is 0 Å². The fraction of sp³-hybridized carbons (Fsp3) is 0.455. The van der Waals surface area contributed by atoms with Gasteiger partial charge in [0.15, 0.2) is 5.69 Å². The van der Waals surface area contributed by atoms with E-state index in [2.05, 4.69) is 5.10 Å². The molecule has 1 aliphatic carbocycles. The minimum Gasteiger partial charge on any atom is -0.496 e. The van der Waals surface area contributed by atoms with Crippen molar-refractivity contribution in [3.05, 3.63) is 46.8 Å². The average Bonchev–Trinajstić information content (AvgIpc) is 3.18. The summed E-state index contributed by atoms with van der Waals surface area (Å²) in [6, 6.07) is 4.87. The zero-order valence-corrected chi connectivity index (χ0v) is 18.0. The van der Waals surface area contributed by atoms with Gasteiger partial charge in [0.1, 0.15) is 5.75 Å². The molecule has 166 valence electrons. The number of carboxylic acid groups (broad SMARTS) is 1. The standard InChI is InChI=1S/C22H27N3O6/c1-24-19(21(27)28)17(12-23-24)20(26)25(16-7-5-4-6-8-16)13-15-11-14(22(29)31-3)9-10-18(15)30-2/h9-12,16H,4-8,13H2,1-3H3,(H,27,28). The first kappa shape index (κ1) is 22.3. The number of carbonyl (C=O) groups excluding carboxylic acids is 2. The topological polar surface area (TPSA) is 111 Å². The smallest absolute Gasteiger partial charge is 0.354 e. The van der Waals surface area contributed by atoms with Gasteiger partial charge in [0.25, 0.3) is 5.91 Å². The predicted octanol–water partition coefficient (Wildman–Crippen LogP) is 2.89. The van der Waals surface area contributed by atoms with Crippen molar-refractivity contribution in [2.75, 3.05) is 14.2 Å². The minimum absolute atomic E-state index is 0.0451. The van der Waals surface area contributed by atoms with E-state index in [1.807, 2.05) is 0 Å². The van der Waals surface area contributed by atoms with E-state index in [0.29, 0.717) is 16.9 Å². The monoisotopic (exact) mass is 429 g/mol. The molecule has 1 aromatic heterocycles. The van der Waals surface area contributed by atoms with Crippen molar-refractivity contribution in [1.29, 1.82) is 0 Å². The molecule has 3 rings (SSSR count). The van der Waals surface area contributed by atoms with Gasteiger partial charge in [0, 0.05) is 25.2 Å². The van der Waals surface area contributed by atoms with E-state index in [4.69, 9.17) is 9.47 Å². The third-order valence-corrected chi connectivity index (χ3v) is 5.69. The highest BCUT2D eigenvalue weighted by Gasteiger charge is 2.31. The number of nitrogens with zero attached hydrogens (tertiary/aromatic N) is 3. The number of aromatic nitrogens is 2.